The van der Waals surface area contributed by atoms with Gasteiger partial charge in [0.15, 0.2) is 0 Å². The van der Waals surface area contributed by atoms with Crippen molar-refractivity contribution in [2.75, 3.05) is 5.32 Å². The van der Waals surface area contributed by atoms with Gasteiger partial charge in [-0.1, -0.05) is 29.8 Å². The van der Waals surface area contributed by atoms with Crippen LogP contribution in [0.4, 0.5) is 5.69 Å². The Morgan fingerprint density at radius 3 is 2.26 bits per heavy atom. The molecule has 5 nitrogen and oxygen atoms in total. The molecule has 0 unspecified atom stereocenters. The van der Waals surface area contributed by atoms with Gasteiger partial charge in [0.05, 0.1) is 6.54 Å². The van der Waals surface area contributed by atoms with Crippen molar-refractivity contribution < 1.29 is 9.15 Å². The fourth-order valence-corrected chi connectivity index (χ4v) is 2.60. The van der Waals surface area contributed by atoms with Gasteiger partial charge in [-0.3, -0.25) is 0 Å². The van der Waals surface area contributed by atoms with E-state index in [1.807, 2.05) is 66.7 Å². The molecule has 0 saturated carbocycles. The topological polar surface area (TPSA) is 60.2 Å². The number of anilines is 1. The molecule has 1 N–H and O–H groups in total. The van der Waals surface area contributed by atoms with E-state index in [0.29, 0.717) is 23.3 Å². The van der Waals surface area contributed by atoms with Crippen LogP contribution in [0.25, 0.3) is 11.5 Å². The lowest BCUT2D eigenvalue weighted by molar-refractivity contribution is 0.483. The van der Waals surface area contributed by atoms with Crippen LogP contribution in [-0.4, -0.2) is 10.2 Å². The van der Waals surface area contributed by atoms with Crippen LogP contribution >= 0.6 is 11.6 Å². The molecule has 1 heterocycles. The van der Waals surface area contributed by atoms with Gasteiger partial charge < -0.3 is 14.5 Å². The van der Waals surface area contributed by atoms with Crippen molar-refractivity contribution in [2.45, 2.75) is 6.54 Å². The van der Waals surface area contributed by atoms with Crippen molar-refractivity contribution >= 4 is 17.3 Å². The maximum atomic E-state index is 5.89. The second-order valence-electron chi connectivity index (χ2n) is 5.80. The predicted octanol–water partition coefficient (Wildman–Crippen LogP) is 5.79. The first kappa shape index (κ1) is 17.1. The largest absolute Gasteiger partial charge is 0.457 e. The second kappa shape index (κ2) is 7.93. The molecule has 3 aromatic carbocycles. The first-order chi connectivity index (χ1) is 13.3. The Morgan fingerprint density at radius 1 is 0.815 bits per heavy atom. The van der Waals surface area contributed by atoms with Crippen LogP contribution < -0.4 is 10.1 Å². The molecule has 0 aliphatic carbocycles. The van der Waals surface area contributed by atoms with Gasteiger partial charge in [0.1, 0.15) is 11.5 Å². The lowest BCUT2D eigenvalue weighted by atomic mass is 10.2. The van der Waals surface area contributed by atoms with Gasteiger partial charge in [0, 0.05) is 16.3 Å². The Kier molecular flexibility index (Phi) is 5.03. The fraction of sp³-hybridized carbons (Fsp3) is 0.0476. The molecule has 0 fully saturated rings. The maximum Gasteiger partial charge on any atom is 0.247 e. The highest BCUT2D eigenvalue weighted by Gasteiger charge is 2.08. The molecule has 0 bridgehead atoms. The Labute approximate surface area is 161 Å². The maximum absolute atomic E-state index is 5.89. The standard InChI is InChI=1S/C21H16ClN3O2/c22-16-8-6-15(7-9-16)21-25-24-20(27-21)14-23-17-10-12-19(13-11-17)26-18-4-2-1-3-5-18/h1-13,23H,14H2. The van der Waals surface area contributed by atoms with E-state index >= 15 is 0 Å². The molecule has 0 spiro atoms. The summed E-state index contributed by atoms with van der Waals surface area (Å²) in [6.45, 7) is 0.430. The van der Waals surface area contributed by atoms with E-state index in [1.54, 1.807) is 12.1 Å². The van der Waals surface area contributed by atoms with Gasteiger partial charge in [-0.15, -0.1) is 10.2 Å². The summed E-state index contributed by atoms with van der Waals surface area (Å²) in [5.41, 5.74) is 1.77. The van der Waals surface area contributed by atoms with Crippen molar-refractivity contribution in [1.82, 2.24) is 10.2 Å². The minimum absolute atomic E-state index is 0.430. The molecule has 0 aliphatic heterocycles. The smallest absolute Gasteiger partial charge is 0.247 e. The van der Waals surface area contributed by atoms with Crippen LogP contribution in [0.15, 0.2) is 83.3 Å². The van der Waals surface area contributed by atoms with Gasteiger partial charge in [0.2, 0.25) is 11.8 Å². The Hall–Kier alpha value is -3.31. The number of hydrogen-bond donors (Lipinski definition) is 1. The lowest BCUT2D eigenvalue weighted by Gasteiger charge is -2.07. The molecular weight excluding hydrogens is 362 g/mol. The number of rotatable bonds is 6. The van der Waals surface area contributed by atoms with Gasteiger partial charge in [-0.25, -0.2) is 0 Å². The summed E-state index contributed by atoms with van der Waals surface area (Å²) >= 11 is 5.89. The molecule has 27 heavy (non-hydrogen) atoms. The summed E-state index contributed by atoms with van der Waals surface area (Å²) < 4.78 is 11.5. The van der Waals surface area contributed by atoms with E-state index in [9.17, 15) is 0 Å². The van der Waals surface area contributed by atoms with Gasteiger partial charge in [-0.2, -0.15) is 0 Å². The number of nitrogens with one attached hydrogen (secondary N) is 1. The summed E-state index contributed by atoms with van der Waals surface area (Å²) in [6, 6.07) is 24.6. The molecule has 0 amide bonds. The van der Waals surface area contributed by atoms with Crippen molar-refractivity contribution in [2.24, 2.45) is 0 Å². The Bertz CT molecular complexity index is 1000. The molecule has 0 aliphatic rings. The highest BCUT2D eigenvalue weighted by molar-refractivity contribution is 6.30. The molecule has 1 aromatic heterocycles. The zero-order chi connectivity index (χ0) is 18.5. The SMILES string of the molecule is Clc1ccc(-c2nnc(CNc3ccc(Oc4ccccc4)cc3)o2)cc1. The molecule has 134 valence electrons. The third-order valence-corrected chi connectivity index (χ3v) is 4.09. The molecule has 4 aromatic rings. The third-order valence-electron chi connectivity index (χ3n) is 3.83. The quantitative estimate of drug-likeness (QED) is 0.460. The van der Waals surface area contributed by atoms with Crippen LogP contribution in [-0.2, 0) is 6.54 Å². The highest BCUT2D eigenvalue weighted by atomic mass is 35.5. The zero-order valence-corrected chi connectivity index (χ0v) is 15.1. The minimum atomic E-state index is 0.430. The summed E-state index contributed by atoms with van der Waals surface area (Å²) in [7, 11) is 0. The number of nitrogens with zero attached hydrogens (tertiary/aromatic N) is 2. The third kappa shape index (κ3) is 4.46. The number of ether oxygens (including phenoxy) is 1. The number of aromatic nitrogens is 2. The number of hydrogen-bond acceptors (Lipinski definition) is 5. The van der Waals surface area contributed by atoms with Crippen molar-refractivity contribution in [3.8, 4) is 23.0 Å². The van der Waals surface area contributed by atoms with E-state index in [4.69, 9.17) is 20.8 Å². The van der Waals surface area contributed by atoms with Crippen LogP contribution in [0.1, 0.15) is 5.89 Å². The number of benzene rings is 3. The number of para-hydroxylation sites is 1. The van der Waals surface area contributed by atoms with E-state index < -0.39 is 0 Å². The van der Waals surface area contributed by atoms with E-state index in [-0.39, 0.29) is 0 Å². The molecular formula is C21H16ClN3O2. The van der Waals surface area contributed by atoms with Crippen molar-refractivity contribution in [1.29, 1.82) is 0 Å². The fourth-order valence-electron chi connectivity index (χ4n) is 2.48. The van der Waals surface area contributed by atoms with Crippen LogP contribution in [0.2, 0.25) is 5.02 Å². The van der Waals surface area contributed by atoms with E-state index in [0.717, 1.165) is 22.7 Å². The van der Waals surface area contributed by atoms with Crippen molar-refractivity contribution in [3.05, 3.63) is 89.8 Å². The molecule has 0 radical (unpaired) electrons. The second-order valence-corrected chi connectivity index (χ2v) is 6.24. The normalized spacial score (nSPS) is 10.6. The average molecular weight is 378 g/mol. The summed E-state index contributed by atoms with van der Waals surface area (Å²) in [6.07, 6.45) is 0. The molecule has 0 saturated heterocycles. The number of halogens is 1. The average Bonchev–Trinajstić information content (AvgIpc) is 3.18. The molecule has 6 heteroatoms. The summed E-state index contributed by atoms with van der Waals surface area (Å²) in [5, 5.41) is 12.1. The van der Waals surface area contributed by atoms with Crippen LogP contribution in [0.3, 0.4) is 0 Å². The molecule has 0 atom stereocenters. The van der Waals surface area contributed by atoms with Gasteiger partial charge >= 0.3 is 0 Å². The summed E-state index contributed by atoms with van der Waals surface area (Å²) in [5.74, 6) is 2.55. The minimum Gasteiger partial charge on any atom is -0.457 e. The van der Waals surface area contributed by atoms with Crippen LogP contribution in [0.5, 0.6) is 11.5 Å². The first-order valence-corrected chi connectivity index (χ1v) is 8.79. The Balaban J connectivity index is 1.35. The van der Waals surface area contributed by atoms with Gasteiger partial charge in [0.25, 0.3) is 0 Å². The van der Waals surface area contributed by atoms with Gasteiger partial charge in [-0.05, 0) is 60.7 Å². The zero-order valence-electron chi connectivity index (χ0n) is 14.3. The first-order valence-electron chi connectivity index (χ1n) is 8.41. The molecule has 4 rings (SSSR count). The highest BCUT2D eigenvalue weighted by Crippen LogP contribution is 2.23. The van der Waals surface area contributed by atoms with E-state index in [1.165, 1.54) is 0 Å². The van der Waals surface area contributed by atoms with Crippen molar-refractivity contribution in [3.63, 3.8) is 0 Å². The summed E-state index contributed by atoms with van der Waals surface area (Å²) in [4.78, 5) is 0. The Morgan fingerprint density at radius 2 is 1.52 bits per heavy atom. The van der Waals surface area contributed by atoms with Crippen LogP contribution in [0, 0.1) is 0 Å². The predicted molar refractivity (Wildman–Crippen MR) is 105 cm³/mol. The lowest BCUT2D eigenvalue weighted by Crippen LogP contribution is -1.99. The van der Waals surface area contributed by atoms with E-state index in [2.05, 4.69) is 15.5 Å². The monoisotopic (exact) mass is 377 g/mol.